The van der Waals surface area contributed by atoms with E-state index in [-0.39, 0.29) is 30.6 Å². The van der Waals surface area contributed by atoms with Gasteiger partial charge in [0.15, 0.2) is 0 Å². The molecule has 2 aliphatic rings. The van der Waals surface area contributed by atoms with Gasteiger partial charge in [-0.1, -0.05) is 56.0 Å². The number of carbonyl (C=O) groups is 1. The van der Waals surface area contributed by atoms with E-state index in [4.69, 9.17) is 0 Å². The maximum atomic E-state index is 13.0. The van der Waals surface area contributed by atoms with Crippen LogP contribution in [0.4, 0.5) is 10.5 Å². The Bertz CT molecular complexity index is 962. The molecule has 2 saturated heterocycles. The van der Waals surface area contributed by atoms with E-state index in [0.717, 1.165) is 37.2 Å². The summed E-state index contributed by atoms with van der Waals surface area (Å²) in [5.74, 6) is 6.98. The maximum absolute atomic E-state index is 13.0. The third kappa shape index (κ3) is 4.98. The Balaban J connectivity index is 1.51. The van der Waals surface area contributed by atoms with Crippen LogP contribution < -0.4 is 5.32 Å². The van der Waals surface area contributed by atoms with Crippen molar-refractivity contribution in [3.05, 3.63) is 65.7 Å². The van der Waals surface area contributed by atoms with Crippen molar-refractivity contribution in [2.75, 3.05) is 31.6 Å². The largest absolute Gasteiger partial charge is 0.395 e. The van der Waals surface area contributed by atoms with Gasteiger partial charge in [-0.05, 0) is 49.2 Å². The van der Waals surface area contributed by atoms with Gasteiger partial charge >= 0.3 is 6.03 Å². The van der Waals surface area contributed by atoms with Crippen LogP contribution in [-0.4, -0.2) is 59.3 Å². The summed E-state index contributed by atoms with van der Waals surface area (Å²) in [4.78, 5) is 17.3. The second-order valence-electron chi connectivity index (χ2n) is 9.08. The van der Waals surface area contributed by atoms with Gasteiger partial charge in [0.2, 0.25) is 0 Å². The van der Waals surface area contributed by atoms with Crippen LogP contribution in [0.3, 0.4) is 0 Å². The van der Waals surface area contributed by atoms with Gasteiger partial charge in [-0.3, -0.25) is 4.90 Å². The second kappa shape index (κ2) is 10.2. The van der Waals surface area contributed by atoms with Crippen molar-refractivity contribution in [2.45, 2.75) is 44.7 Å². The number of aliphatic hydroxyl groups excluding tert-OH is 1. The van der Waals surface area contributed by atoms with E-state index in [1.807, 2.05) is 35.2 Å². The van der Waals surface area contributed by atoms with Crippen LogP contribution in [0.1, 0.15) is 43.7 Å². The normalized spacial score (nSPS) is 23.2. The van der Waals surface area contributed by atoms with Gasteiger partial charge in [0.25, 0.3) is 0 Å². The first-order valence-electron chi connectivity index (χ1n) is 11.7. The standard InChI is InChI=1S/C27H33N3O2/c1-20(2)10-11-21-12-14-22(15-13-21)26-24-18-29(16-6-7-17-30(24)25(26)19-31)27(32)28-23-8-4-3-5-9-23/h3-5,8-9,12-15,20,24-26,31H,6-7,16-19H2,1-2H3,(H,28,32)/t24-,25+,26+/m0/s1. The molecule has 2 aliphatic heterocycles. The summed E-state index contributed by atoms with van der Waals surface area (Å²) in [5, 5.41) is 13.2. The third-order valence-corrected chi connectivity index (χ3v) is 6.48. The van der Waals surface area contributed by atoms with Gasteiger partial charge in [-0.2, -0.15) is 0 Å². The highest BCUT2D eigenvalue weighted by Crippen LogP contribution is 2.42. The highest BCUT2D eigenvalue weighted by atomic mass is 16.3. The van der Waals surface area contributed by atoms with Crippen molar-refractivity contribution >= 4 is 11.7 Å². The molecule has 0 spiro atoms. The van der Waals surface area contributed by atoms with Crippen LogP contribution in [0.25, 0.3) is 0 Å². The molecule has 0 bridgehead atoms. The van der Waals surface area contributed by atoms with Crippen molar-refractivity contribution in [2.24, 2.45) is 5.92 Å². The summed E-state index contributed by atoms with van der Waals surface area (Å²) in [6.07, 6.45) is 2.00. The number of aliphatic hydroxyl groups is 1. The molecule has 0 unspecified atom stereocenters. The fraction of sp³-hybridized carbons (Fsp3) is 0.444. The average molecular weight is 432 g/mol. The summed E-state index contributed by atoms with van der Waals surface area (Å²) >= 11 is 0. The molecule has 2 N–H and O–H groups in total. The number of anilines is 1. The Morgan fingerprint density at radius 1 is 1.09 bits per heavy atom. The zero-order valence-corrected chi connectivity index (χ0v) is 19.0. The lowest BCUT2D eigenvalue weighted by Crippen LogP contribution is -2.68. The van der Waals surface area contributed by atoms with Crippen molar-refractivity contribution in [3.63, 3.8) is 0 Å². The number of carbonyl (C=O) groups excluding carboxylic acids is 1. The molecule has 32 heavy (non-hydrogen) atoms. The summed E-state index contributed by atoms with van der Waals surface area (Å²) in [7, 11) is 0. The monoisotopic (exact) mass is 431 g/mol. The van der Waals surface area contributed by atoms with Gasteiger partial charge in [-0.25, -0.2) is 4.79 Å². The van der Waals surface area contributed by atoms with E-state index in [1.165, 1.54) is 5.56 Å². The quantitative estimate of drug-likeness (QED) is 0.718. The van der Waals surface area contributed by atoms with E-state index in [1.54, 1.807) is 0 Å². The van der Waals surface area contributed by atoms with Crippen molar-refractivity contribution in [3.8, 4) is 11.8 Å². The number of benzene rings is 2. The molecule has 3 atom stereocenters. The molecule has 2 aromatic rings. The van der Waals surface area contributed by atoms with Gasteiger partial charge in [0.1, 0.15) is 0 Å². The molecule has 0 aromatic heterocycles. The number of hydrogen-bond acceptors (Lipinski definition) is 3. The molecule has 2 heterocycles. The Morgan fingerprint density at radius 3 is 2.50 bits per heavy atom. The molecule has 0 saturated carbocycles. The molecule has 168 valence electrons. The van der Waals surface area contributed by atoms with E-state index >= 15 is 0 Å². The summed E-state index contributed by atoms with van der Waals surface area (Å²) in [6.45, 7) is 6.69. The van der Waals surface area contributed by atoms with Crippen LogP contribution in [0.2, 0.25) is 0 Å². The predicted molar refractivity (Wildman–Crippen MR) is 129 cm³/mol. The molecule has 2 fully saturated rings. The van der Waals surface area contributed by atoms with E-state index < -0.39 is 0 Å². The predicted octanol–water partition coefficient (Wildman–Crippen LogP) is 4.15. The summed E-state index contributed by atoms with van der Waals surface area (Å²) in [5.41, 5.74) is 3.04. The highest BCUT2D eigenvalue weighted by molar-refractivity contribution is 5.89. The van der Waals surface area contributed by atoms with E-state index in [9.17, 15) is 9.90 Å². The Hall–Kier alpha value is -2.81. The van der Waals surface area contributed by atoms with Crippen molar-refractivity contribution < 1.29 is 9.90 Å². The zero-order chi connectivity index (χ0) is 22.5. The van der Waals surface area contributed by atoms with Crippen molar-refractivity contribution in [1.82, 2.24) is 9.80 Å². The molecule has 4 rings (SSSR count). The first kappa shape index (κ1) is 22.4. The smallest absolute Gasteiger partial charge is 0.321 e. The molecule has 5 nitrogen and oxygen atoms in total. The number of nitrogens with one attached hydrogen (secondary N) is 1. The Labute approximate surface area is 191 Å². The minimum Gasteiger partial charge on any atom is -0.395 e. The zero-order valence-electron chi connectivity index (χ0n) is 19.0. The molecular formula is C27H33N3O2. The fourth-order valence-electron chi connectivity index (χ4n) is 4.87. The summed E-state index contributed by atoms with van der Waals surface area (Å²) in [6, 6.07) is 18.3. The number of urea groups is 1. The average Bonchev–Trinajstić information content (AvgIpc) is 2.78. The highest BCUT2D eigenvalue weighted by Gasteiger charge is 2.49. The van der Waals surface area contributed by atoms with Crippen molar-refractivity contribution in [1.29, 1.82) is 0 Å². The van der Waals surface area contributed by atoms with Crippen LogP contribution in [-0.2, 0) is 0 Å². The summed E-state index contributed by atoms with van der Waals surface area (Å²) < 4.78 is 0. The van der Waals surface area contributed by atoms with Crippen LogP contribution in [0, 0.1) is 17.8 Å². The molecule has 5 heteroatoms. The minimum atomic E-state index is -0.0523. The topological polar surface area (TPSA) is 55.8 Å². The molecular weight excluding hydrogens is 398 g/mol. The van der Waals surface area contributed by atoms with Gasteiger partial charge in [0, 0.05) is 48.3 Å². The lowest BCUT2D eigenvalue weighted by Gasteiger charge is -2.57. The molecule has 2 amide bonds. The lowest BCUT2D eigenvalue weighted by atomic mass is 9.74. The first-order valence-corrected chi connectivity index (χ1v) is 11.7. The van der Waals surface area contributed by atoms with Crippen LogP contribution >= 0.6 is 0 Å². The van der Waals surface area contributed by atoms with E-state index in [0.29, 0.717) is 12.5 Å². The maximum Gasteiger partial charge on any atom is 0.321 e. The number of para-hydroxylation sites is 1. The number of nitrogens with zero attached hydrogens (tertiary/aromatic N) is 2. The van der Waals surface area contributed by atoms with Gasteiger partial charge < -0.3 is 15.3 Å². The number of amides is 2. The molecule has 2 aromatic carbocycles. The van der Waals surface area contributed by atoms with Crippen LogP contribution in [0.5, 0.6) is 0 Å². The van der Waals surface area contributed by atoms with Gasteiger partial charge in [-0.15, -0.1) is 0 Å². The SMILES string of the molecule is CC(C)C#Cc1ccc([C@H]2[C@@H](CO)N3CCCCN(C(=O)Nc4ccccc4)C[C@@H]23)cc1. The van der Waals surface area contributed by atoms with Crippen LogP contribution in [0.15, 0.2) is 54.6 Å². The number of fused-ring (bicyclic) bond motifs is 1. The Kier molecular flexibility index (Phi) is 7.14. The molecule has 0 aliphatic carbocycles. The second-order valence-corrected chi connectivity index (χ2v) is 9.08. The third-order valence-electron chi connectivity index (χ3n) is 6.48. The Morgan fingerprint density at radius 2 is 1.81 bits per heavy atom. The minimum absolute atomic E-state index is 0.0523. The first-order chi connectivity index (χ1) is 15.6. The van der Waals surface area contributed by atoms with E-state index in [2.05, 4.69) is 60.2 Å². The lowest BCUT2D eigenvalue weighted by molar-refractivity contribution is -0.0585. The number of rotatable bonds is 3. The number of hydrogen-bond donors (Lipinski definition) is 2. The fourth-order valence-corrected chi connectivity index (χ4v) is 4.87. The van der Waals surface area contributed by atoms with Gasteiger partial charge in [0.05, 0.1) is 6.61 Å². The molecule has 0 radical (unpaired) electrons.